The Morgan fingerprint density at radius 2 is 1.82 bits per heavy atom. The molecule has 1 aromatic carbocycles. The number of alkyl halides is 3. The van der Waals surface area contributed by atoms with Gasteiger partial charge in [-0.3, -0.25) is 19.1 Å². The van der Waals surface area contributed by atoms with Crippen LogP contribution in [0.4, 0.5) is 23.8 Å². The number of amides is 3. The number of ketones is 1. The number of anilines is 1. The summed E-state index contributed by atoms with van der Waals surface area (Å²) in [6, 6.07) is 3.75. The number of aryl methyl sites for hydroxylation is 2. The number of pyridine rings is 1. The Bertz CT molecular complexity index is 2200. The number of hydrogen-bond donors (Lipinski definition) is 2. The summed E-state index contributed by atoms with van der Waals surface area (Å²) in [5, 5.41) is 17.5. The van der Waals surface area contributed by atoms with Crippen LogP contribution in [-0.2, 0) is 33.6 Å². The molecule has 6 rings (SSSR count). The van der Waals surface area contributed by atoms with Crippen LogP contribution in [0.25, 0.3) is 22.0 Å². The lowest BCUT2D eigenvalue weighted by molar-refractivity contribution is -0.141. The van der Waals surface area contributed by atoms with Gasteiger partial charge in [0.2, 0.25) is 11.8 Å². The summed E-state index contributed by atoms with van der Waals surface area (Å²) in [6.07, 6.45) is 1.21. The van der Waals surface area contributed by atoms with Crippen LogP contribution in [-0.4, -0.2) is 94.2 Å². The number of aromatic nitrogens is 5. The number of Topliss-reactive ketones (excluding diaryl/α,β-unsaturated/α-hetero) is 1. The average molecular weight is 761 g/mol. The van der Waals surface area contributed by atoms with Gasteiger partial charge in [-0.15, -0.1) is 13.2 Å². The van der Waals surface area contributed by atoms with Crippen molar-refractivity contribution in [2.75, 3.05) is 18.5 Å². The van der Waals surface area contributed by atoms with Crippen LogP contribution in [0.5, 0.6) is 0 Å². The Morgan fingerprint density at radius 1 is 1.09 bits per heavy atom. The third-order valence-electron chi connectivity index (χ3n) is 9.80. The number of likely N-dealkylation sites (tertiary alicyclic amines) is 1. The van der Waals surface area contributed by atoms with Gasteiger partial charge in [-0.05, 0) is 55.2 Å². The summed E-state index contributed by atoms with van der Waals surface area (Å²) in [6.45, 7) is 11.6. The normalized spacial score (nSPS) is 18.8. The van der Waals surface area contributed by atoms with E-state index in [0.29, 0.717) is 46.3 Å². The highest BCUT2D eigenvalue weighted by molar-refractivity contribution is 6.07. The summed E-state index contributed by atoms with van der Waals surface area (Å²) in [5.74, 6) is -1.51. The van der Waals surface area contributed by atoms with Gasteiger partial charge in [-0.2, -0.15) is 18.3 Å². The summed E-state index contributed by atoms with van der Waals surface area (Å²) in [5.41, 5.74) is 0.188. The zero-order valence-electron chi connectivity index (χ0n) is 30.4. The molecule has 0 bridgehead atoms. The first-order valence-corrected chi connectivity index (χ1v) is 17.4. The number of halogens is 3. The summed E-state index contributed by atoms with van der Waals surface area (Å²) in [7, 11) is 0. The van der Waals surface area contributed by atoms with Crippen molar-refractivity contribution in [1.29, 1.82) is 0 Å². The van der Waals surface area contributed by atoms with Crippen molar-refractivity contribution in [3.8, 4) is 11.1 Å². The van der Waals surface area contributed by atoms with Gasteiger partial charge in [0.15, 0.2) is 5.78 Å². The van der Waals surface area contributed by atoms with Gasteiger partial charge in [0.25, 0.3) is 0 Å². The monoisotopic (exact) mass is 760 g/mol. The highest BCUT2D eigenvalue weighted by Crippen LogP contribution is 2.55. The molecule has 14 nitrogen and oxygen atoms in total. The lowest BCUT2D eigenvalue weighted by Gasteiger charge is -2.27. The molecule has 4 aromatic rings. The highest BCUT2D eigenvalue weighted by atomic mass is 19.4. The van der Waals surface area contributed by atoms with E-state index in [1.165, 1.54) is 40.5 Å². The molecule has 17 heteroatoms. The zero-order valence-corrected chi connectivity index (χ0v) is 30.4. The number of carbonyl (C=O) groups excluding carboxylic acids is 3. The van der Waals surface area contributed by atoms with E-state index in [-0.39, 0.29) is 43.2 Å². The molecular formula is C38H39F3N8O6. The van der Waals surface area contributed by atoms with Crippen molar-refractivity contribution >= 4 is 40.4 Å². The van der Waals surface area contributed by atoms with E-state index in [1.54, 1.807) is 37.5 Å². The molecule has 1 saturated carbocycles. The molecule has 3 amide bonds. The molecule has 2 N–H and O–H groups in total. The van der Waals surface area contributed by atoms with Crippen LogP contribution in [0.15, 0.2) is 62.0 Å². The van der Waals surface area contributed by atoms with Gasteiger partial charge < -0.3 is 25.0 Å². The Hall–Kier alpha value is -5.97. The molecule has 1 aliphatic heterocycles. The number of nitrogens with one attached hydrogen (secondary N) is 1. The van der Waals surface area contributed by atoms with Gasteiger partial charge >= 0.3 is 12.3 Å². The molecule has 3 atom stereocenters. The fraction of sp³-hybridized carbons (Fsp3) is 0.368. The predicted molar refractivity (Wildman–Crippen MR) is 194 cm³/mol. The summed E-state index contributed by atoms with van der Waals surface area (Å²) < 4.78 is 47.9. The van der Waals surface area contributed by atoms with Crippen LogP contribution in [0, 0.1) is 13.8 Å². The van der Waals surface area contributed by atoms with E-state index in [0.717, 1.165) is 6.07 Å². The molecule has 55 heavy (non-hydrogen) atoms. The van der Waals surface area contributed by atoms with E-state index in [2.05, 4.69) is 38.5 Å². The molecule has 2 fully saturated rings. The van der Waals surface area contributed by atoms with Gasteiger partial charge in [0.05, 0.1) is 30.3 Å². The van der Waals surface area contributed by atoms with Crippen molar-refractivity contribution in [3.63, 3.8) is 0 Å². The lowest BCUT2D eigenvalue weighted by atomic mass is 9.99. The third-order valence-corrected chi connectivity index (χ3v) is 9.80. The molecule has 3 aromatic heterocycles. The van der Waals surface area contributed by atoms with Gasteiger partial charge in [0, 0.05) is 49.7 Å². The maximum Gasteiger partial charge on any atom is 0.433 e. The van der Waals surface area contributed by atoms with Crippen molar-refractivity contribution in [2.45, 2.75) is 77.0 Å². The number of benzene rings is 1. The predicted octanol–water partition coefficient (Wildman–Crippen LogP) is 5.74. The Balaban J connectivity index is 1.41. The van der Waals surface area contributed by atoms with Crippen LogP contribution < -0.4 is 5.32 Å². The Morgan fingerprint density at radius 3 is 2.45 bits per heavy atom. The lowest BCUT2D eigenvalue weighted by Crippen LogP contribution is -2.47. The second kappa shape index (κ2) is 15.0. The Labute approximate surface area is 313 Å². The smallest absolute Gasteiger partial charge is 0.433 e. The van der Waals surface area contributed by atoms with Crippen molar-refractivity contribution in [1.82, 2.24) is 34.5 Å². The molecule has 1 aliphatic carbocycles. The first-order valence-electron chi connectivity index (χ1n) is 17.4. The fourth-order valence-electron chi connectivity index (χ4n) is 7.01. The second-order valence-corrected chi connectivity index (χ2v) is 13.6. The summed E-state index contributed by atoms with van der Waals surface area (Å²) in [4.78, 5) is 68.4. The number of hydrogen-bond acceptors (Lipinski definition) is 9. The molecule has 1 saturated heterocycles. The Kier molecular flexibility index (Phi) is 10.6. The maximum atomic E-state index is 14.4. The van der Waals surface area contributed by atoms with Crippen molar-refractivity contribution < 1.29 is 42.2 Å². The molecular weight excluding hydrogens is 721 g/mol. The largest absolute Gasteiger partial charge is 0.465 e. The maximum absolute atomic E-state index is 14.4. The standard InChI is InChI=1S/C38H39F3N8O6/c1-6-8-11-47(36(53)54)19-25-13-24(26-17-42-23(5)43-18-26)14-27-32(22(4)50)46-48(33(25)27)20-31(51)49-28(15-37(16-30(37)49)55-12-7-2)35(52)45-34-21(3)9-10-29(44-34)38(39,40)41/h6-7,9-10,13-14,17-18,28,30H,1-2,8,11-12,15-16,19-20H2,3-5H3,(H,53,54)(H,44,45,52)/t28-,30+,37+/m0/s1. The number of rotatable bonds is 14. The van der Waals surface area contributed by atoms with E-state index < -0.39 is 59.8 Å². The number of carboxylic acid groups (broad SMARTS) is 1. The van der Waals surface area contributed by atoms with E-state index in [4.69, 9.17) is 4.74 Å². The van der Waals surface area contributed by atoms with Crippen molar-refractivity contribution in [2.24, 2.45) is 0 Å². The molecule has 0 spiro atoms. The number of fused-ring (bicyclic) bond motifs is 2. The topological polar surface area (TPSA) is 173 Å². The first-order chi connectivity index (χ1) is 26.1. The molecule has 0 unspecified atom stereocenters. The zero-order chi connectivity index (χ0) is 39.8. The second-order valence-electron chi connectivity index (χ2n) is 13.6. The minimum Gasteiger partial charge on any atom is -0.465 e. The van der Waals surface area contributed by atoms with Crippen LogP contribution in [0.1, 0.15) is 59.3 Å². The van der Waals surface area contributed by atoms with Crippen LogP contribution in [0.2, 0.25) is 0 Å². The number of ether oxygens (including phenoxy) is 1. The van der Waals surface area contributed by atoms with E-state index in [1.807, 2.05) is 0 Å². The molecule has 0 radical (unpaired) electrons. The van der Waals surface area contributed by atoms with E-state index in [9.17, 15) is 37.5 Å². The van der Waals surface area contributed by atoms with Gasteiger partial charge in [-0.25, -0.2) is 19.7 Å². The summed E-state index contributed by atoms with van der Waals surface area (Å²) >= 11 is 0. The molecule has 288 valence electrons. The third kappa shape index (κ3) is 7.83. The highest BCUT2D eigenvalue weighted by Gasteiger charge is 2.68. The van der Waals surface area contributed by atoms with Gasteiger partial charge in [0.1, 0.15) is 35.6 Å². The average Bonchev–Trinajstić information content (AvgIpc) is 3.54. The SMILES string of the molecule is C=CCCN(Cc1cc(-c2cnc(C)nc2)cc2c(C(C)=O)nn(CC(=O)N3[C@H](C(=O)Nc4nc(C(F)(F)F)ccc4C)C[C@@]4(OCC=C)C[C@@H]34)c12)C(=O)O. The van der Waals surface area contributed by atoms with Crippen LogP contribution >= 0.6 is 0 Å². The fourth-order valence-corrected chi connectivity index (χ4v) is 7.01. The van der Waals surface area contributed by atoms with Crippen LogP contribution in [0.3, 0.4) is 0 Å². The number of nitrogens with zero attached hydrogens (tertiary/aromatic N) is 7. The molecule has 4 heterocycles. The molecule has 2 aliphatic rings. The minimum absolute atomic E-state index is 0.0313. The number of piperidine rings is 1. The minimum atomic E-state index is -4.75. The van der Waals surface area contributed by atoms with Gasteiger partial charge in [-0.1, -0.05) is 18.2 Å². The first kappa shape index (κ1) is 38.7. The quantitative estimate of drug-likeness (QED) is 0.119. The van der Waals surface area contributed by atoms with Crippen molar-refractivity contribution in [3.05, 3.63) is 90.3 Å². The number of carbonyl (C=O) groups is 4. The van der Waals surface area contributed by atoms with E-state index >= 15 is 0 Å².